The minimum absolute atomic E-state index is 0.0253. The zero-order valence-electron chi connectivity index (χ0n) is 11.6. The fourth-order valence-electron chi connectivity index (χ4n) is 3.94. The van der Waals surface area contributed by atoms with Gasteiger partial charge in [-0.3, -0.25) is 14.5 Å². The fraction of sp³-hybridized carbons (Fsp3) is 0.867. The maximum absolute atomic E-state index is 12.8. The molecule has 1 spiro atoms. The van der Waals surface area contributed by atoms with Gasteiger partial charge in [-0.1, -0.05) is 25.7 Å². The topological polar surface area (TPSA) is 63.4 Å². The Balaban J connectivity index is 1.83. The zero-order valence-corrected chi connectivity index (χ0v) is 11.6. The molecule has 4 nitrogen and oxygen atoms in total. The average Bonchev–Trinajstić information content (AvgIpc) is 3.19. The van der Waals surface area contributed by atoms with Crippen molar-refractivity contribution in [3.05, 3.63) is 0 Å². The van der Waals surface area contributed by atoms with Gasteiger partial charge in [0.15, 0.2) is 0 Å². The molecular weight excluding hydrogens is 240 g/mol. The van der Waals surface area contributed by atoms with Crippen LogP contribution in [0.15, 0.2) is 0 Å². The first-order valence-corrected chi connectivity index (χ1v) is 7.74. The van der Waals surface area contributed by atoms with Crippen LogP contribution in [0.2, 0.25) is 0 Å². The summed E-state index contributed by atoms with van der Waals surface area (Å²) in [7, 11) is 0. The molecule has 0 bridgehead atoms. The Morgan fingerprint density at radius 1 is 1.16 bits per heavy atom. The van der Waals surface area contributed by atoms with Crippen molar-refractivity contribution in [2.24, 2.45) is 17.1 Å². The minimum atomic E-state index is -0.365. The van der Waals surface area contributed by atoms with E-state index >= 15 is 0 Å². The van der Waals surface area contributed by atoms with Gasteiger partial charge >= 0.3 is 0 Å². The lowest BCUT2D eigenvalue weighted by molar-refractivity contribution is -0.144. The number of hydrogen-bond donors (Lipinski definition) is 1. The maximum Gasteiger partial charge on any atom is 0.236 e. The van der Waals surface area contributed by atoms with Crippen LogP contribution in [0.3, 0.4) is 0 Å². The number of hydrogen-bond acceptors (Lipinski definition) is 3. The Hall–Kier alpha value is -0.900. The van der Waals surface area contributed by atoms with Gasteiger partial charge in [0.1, 0.15) is 0 Å². The van der Waals surface area contributed by atoms with Gasteiger partial charge in [-0.25, -0.2) is 0 Å². The number of imide groups is 1. The van der Waals surface area contributed by atoms with E-state index in [9.17, 15) is 9.59 Å². The predicted molar refractivity (Wildman–Crippen MR) is 72.2 cm³/mol. The highest BCUT2D eigenvalue weighted by molar-refractivity contribution is 6.06. The van der Waals surface area contributed by atoms with Gasteiger partial charge in [-0.05, 0) is 31.6 Å². The van der Waals surface area contributed by atoms with Crippen molar-refractivity contribution in [1.82, 2.24) is 4.90 Å². The molecule has 3 aliphatic rings. The number of carbonyl (C=O) groups excluding carboxylic acids is 2. The summed E-state index contributed by atoms with van der Waals surface area (Å²) in [5.41, 5.74) is 5.46. The summed E-state index contributed by atoms with van der Waals surface area (Å²) in [5.74, 6) is 0.606. The Bertz CT molecular complexity index is 382. The van der Waals surface area contributed by atoms with Crippen LogP contribution in [-0.2, 0) is 9.59 Å². The SMILES string of the molecule is NCC(C1CC1)N1C(=O)CC2(CCCCCC2)C1=O. The molecule has 3 rings (SSSR count). The molecular formula is C15H24N2O2. The van der Waals surface area contributed by atoms with Crippen LogP contribution >= 0.6 is 0 Å². The molecule has 2 N–H and O–H groups in total. The van der Waals surface area contributed by atoms with E-state index in [0.717, 1.165) is 38.5 Å². The molecule has 106 valence electrons. The second kappa shape index (κ2) is 4.89. The quantitative estimate of drug-likeness (QED) is 0.791. The summed E-state index contributed by atoms with van der Waals surface area (Å²) in [6.07, 6.45) is 9.05. The molecule has 4 heteroatoms. The number of likely N-dealkylation sites (tertiary alicyclic amines) is 1. The van der Waals surface area contributed by atoms with Crippen molar-refractivity contribution in [2.75, 3.05) is 6.54 Å². The molecule has 0 radical (unpaired) electrons. The Morgan fingerprint density at radius 3 is 2.32 bits per heavy atom. The van der Waals surface area contributed by atoms with Crippen molar-refractivity contribution < 1.29 is 9.59 Å². The summed E-state index contributed by atoms with van der Waals surface area (Å²) >= 11 is 0. The lowest BCUT2D eigenvalue weighted by Crippen LogP contribution is -2.47. The Kier molecular flexibility index (Phi) is 3.37. The van der Waals surface area contributed by atoms with Crippen LogP contribution in [-0.4, -0.2) is 29.3 Å². The lowest BCUT2D eigenvalue weighted by Gasteiger charge is -2.29. The van der Waals surface area contributed by atoms with E-state index in [4.69, 9.17) is 5.73 Å². The zero-order chi connectivity index (χ0) is 13.5. The average molecular weight is 264 g/mol. The maximum atomic E-state index is 12.8. The van der Waals surface area contributed by atoms with Gasteiger partial charge in [0.25, 0.3) is 0 Å². The van der Waals surface area contributed by atoms with E-state index in [-0.39, 0.29) is 23.3 Å². The molecule has 2 amide bonds. The van der Waals surface area contributed by atoms with E-state index < -0.39 is 0 Å². The molecule has 1 unspecified atom stereocenters. The van der Waals surface area contributed by atoms with Gasteiger partial charge < -0.3 is 5.73 Å². The first-order chi connectivity index (χ1) is 9.18. The third-order valence-electron chi connectivity index (χ3n) is 5.23. The molecule has 2 saturated carbocycles. The first-order valence-electron chi connectivity index (χ1n) is 7.74. The van der Waals surface area contributed by atoms with Gasteiger partial charge in [-0.2, -0.15) is 0 Å². The number of rotatable bonds is 3. The normalized spacial score (nSPS) is 28.8. The van der Waals surface area contributed by atoms with Crippen LogP contribution in [0.5, 0.6) is 0 Å². The van der Waals surface area contributed by atoms with Crippen molar-refractivity contribution in [3.8, 4) is 0 Å². The van der Waals surface area contributed by atoms with E-state index in [1.165, 1.54) is 12.8 Å². The van der Waals surface area contributed by atoms with E-state index in [1.807, 2.05) is 0 Å². The van der Waals surface area contributed by atoms with Gasteiger partial charge in [0.2, 0.25) is 11.8 Å². The highest BCUT2D eigenvalue weighted by Crippen LogP contribution is 2.47. The molecule has 2 aliphatic carbocycles. The number of nitrogens with two attached hydrogens (primary N) is 1. The third-order valence-corrected chi connectivity index (χ3v) is 5.23. The molecule has 3 fully saturated rings. The number of nitrogens with zero attached hydrogens (tertiary/aromatic N) is 1. The summed E-state index contributed by atoms with van der Waals surface area (Å²) < 4.78 is 0. The summed E-state index contributed by atoms with van der Waals surface area (Å²) in [4.78, 5) is 26.7. The highest BCUT2D eigenvalue weighted by Gasteiger charge is 2.54. The van der Waals surface area contributed by atoms with Crippen LogP contribution < -0.4 is 5.73 Å². The molecule has 19 heavy (non-hydrogen) atoms. The molecule has 1 atom stereocenters. The summed E-state index contributed by atoms with van der Waals surface area (Å²) in [6.45, 7) is 0.429. The third kappa shape index (κ3) is 2.20. The van der Waals surface area contributed by atoms with E-state index in [1.54, 1.807) is 4.90 Å². The molecule has 0 aromatic rings. The largest absolute Gasteiger partial charge is 0.328 e. The Labute approximate surface area is 114 Å². The van der Waals surface area contributed by atoms with Crippen LogP contribution in [0.1, 0.15) is 57.8 Å². The molecule has 0 aromatic heterocycles. The molecule has 1 saturated heterocycles. The molecule has 1 heterocycles. The minimum Gasteiger partial charge on any atom is -0.328 e. The lowest BCUT2D eigenvalue weighted by atomic mass is 9.79. The molecule has 0 aromatic carbocycles. The van der Waals surface area contributed by atoms with Crippen molar-refractivity contribution in [1.29, 1.82) is 0 Å². The van der Waals surface area contributed by atoms with Crippen LogP contribution in [0, 0.1) is 11.3 Å². The Morgan fingerprint density at radius 2 is 1.79 bits per heavy atom. The second-order valence-electron chi connectivity index (χ2n) is 6.58. The van der Waals surface area contributed by atoms with E-state index in [2.05, 4.69) is 0 Å². The van der Waals surface area contributed by atoms with Crippen molar-refractivity contribution in [3.63, 3.8) is 0 Å². The smallest absolute Gasteiger partial charge is 0.236 e. The fourth-order valence-corrected chi connectivity index (χ4v) is 3.94. The van der Waals surface area contributed by atoms with Crippen molar-refractivity contribution >= 4 is 11.8 Å². The number of carbonyl (C=O) groups is 2. The van der Waals surface area contributed by atoms with Crippen LogP contribution in [0.25, 0.3) is 0 Å². The first kappa shape index (κ1) is 13.1. The van der Waals surface area contributed by atoms with Crippen molar-refractivity contribution in [2.45, 2.75) is 63.8 Å². The van der Waals surface area contributed by atoms with Gasteiger partial charge in [0, 0.05) is 13.0 Å². The van der Waals surface area contributed by atoms with Crippen LogP contribution in [0.4, 0.5) is 0 Å². The van der Waals surface area contributed by atoms with E-state index in [0.29, 0.717) is 18.9 Å². The van der Waals surface area contributed by atoms with Gasteiger partial charge in [0.05, 0.1) is 11.5 Å². The predicted octanol–water partition coefficient (Wildman–Crippen LogP) is 1.82. The molecule has 1 aliphatic heterocycles. The monoisotopic (exact) mass is 264 g/mol. The highest BCUT2D eigenvalue weighted by atomic mass is 16.2. The number of amides is 2. The second-order valence-corrected chi connectivity index (χ2v) is 6.58. The summed E-state index contributed by atoms with van der Waals surface area (Å²) in [6, 6.07) is -0.0253. The standard InChI is InChI=1S/C15H24N2O2/c16-10-12(11-5-6-11)17-13(18)9-15(14(17)19)7-3-1-2-4-8-15/h11-12H,1-10,16H2. The van der Waals surface area contributed by atoms with Gasteiger partial charge in [-0.15, -0.1) is 0 Å². The summed E-state index contributed by atoms with van der Waals surface area (Å²) in [5, 5.41) is 0.